The van der Waals surface area contributed by atoms with Gasteiger partial charge in [-0.2, -0.15) is 0 Å². The Bertz CT molecular complexity index is 282. The third kappa shape index (κ3) is 3.45. The van der Waals surface area contributed by atoms with E-state index in [2.05, 4.69) is 17.1 Å². The van der Waals surface area contributed by atoms with Crippen molar-refractivity contribution in [1.29, 1.82) is 0 Å². The number of carbonyl (C=O) groups excluding carboxylic acids is 1. The van der Waals surface area contributed by atoms with Gasteiger partial charge in [-0.05, 0) is 38.6 Å². The molecule has 0 radical (unpaired) electrons. The van der Waals surface area contributed by atoms with Crippen LogP contribution in [0.1, 0.15) is 51.9 Å². The number of nitrogens with zero attached hydrogens (tertiary/aromatic N) is 1. The van der Waals surface area contributed by atoms with Gasteiger partial charge in [-0.3, -0.25) is 4.79 Å². The van der Waals surface area contributed by atoms with E-state index in [1.165, 1.54) is 19.4 Å². The molecule has 2 rings (SSSR count). The average Bonchev–Trinajstić information content (AvgIpc) is 2.83. The summed E-state index contributed by atoms with van der Waals surface area (Å²) in [5, 5.41) is 3.15. The zero-order valence-corrected chi connectivity index (χ0v) is 11.5. The second-order valence-corrected chi connectivity index (χ2v) is 5.81. The molecule has 0 aromatic carbocycles. The average molecular weight is 253 g/mol. The van der Waals surface area contributed by atoms with Crippen molar-refractivity contribution >= 4 is 5.91 Å². The van der Waals surface area contributed by atoms with Gasteiger partial charge in [-0.1, -0.05) is 19.8 Å². The van der Waals surface area contributed by atoms with Gasteiger partial charge in [0.25, 0.3) is 0 Å². The third-order valence-corrected chi connectivity index (χ3v) is 4.37. The second kappa shape index (κ2) is 6.53. The minimum atomic E-state index is -0.313. The van der Waals surface area contributed by atoms with Crippen LogP contribution in [0.15, 0.2) is 0 Å². The maximum atomic E-state index is 12.0. The third-order valence-electron chi connectivity index (χ3n) is 4.37. The van der Waals surface area contributed by atoms with E-state index in [4.69, 9.17) is 5.73 Å². The molecule has 1 amide bonds. The fraction of sp³-hybridized carbons (Fsp3) is 0.929. The molecule has 2 fully saturated rings. The van der Waals surface area contributed by atoms with E-state index in [0.717, 1.165) is 38.6 Å². The molecular weight excluding hydrogens is 226 g/mol. The number of rotatable bonds is 5. The first-order chi connectivity index (χ1) is 8.70. The molecule has 0 aliphatic carbocycles. The summed E-state index contributed by atoms with van der Waals surface area (Å²) in [5.74, 6) is 0.0555. The predicted molar refractivity (Wildman–Crippen MR) is 73.3 cm³/mol. The highest BCUT2D eigenvalue weighted by Gasteiger charge is 2.32. The van der Waals surface area contributed by atoms with E-state index >= 15 is 0 Å². The molecule has 0 saturated carbocycles. The van der Waals surface area contributed by atoms with E-state index in [-0.39, 0.29) is 11.9 Å². The molecule has 0 aromatic heterocycles. The largest absolute Gasteiger partial charge is 0.352 e. The summed E-state index contributed by atoms with van der Waals surface area (Å²) in [6.45, 7) is 4.52. The zero-order chi connectivity index (χ0) is 13.0. The molecule has 3 atom stereocenters. The van der Waals surface area contributed by atoms with Crippen LogP contribution in [0.4, 0.5) is 0 Å². The number of piperidine rings is 1. The molecule has 4 nitrogen and oxygen atoms in total. The van der Waals surface area contributed by atoms with Crippen molar-refractivity contribution in [2.24, 2.45) is 5.73 Å². The van der Waals surface area contributed by atoms with E-state index in [1.807, 2.05) is 0 Å². The molecule has 4 heteroatoms. The highest BCUT2D eigenvalue weighted by atomic mass is 16.2. The Morgan fingerprint density at radius 2 is 2.28 bits per heavy atom. The Balaban J connectivity index is 1.74. The monoisotopic (exact) mass is 253 g/mol. The SMILES string of the molecule is CCCC[C@H](N)C(=O)NC1CCN2CCCC2C1. The minimum absolute atomic E-state index is 0.0555. The van der Waals surface area contributed by atoms with Crippen LogP contribution in [0.25, 0.3) is 0 Å². The molecule has 0 bridgehead atoms. The van der Waals surface area contributed by atoms with Crippen LogP contribution in [-0.2, 0) is 4.79 Å². The smallest absolute Gasteiger partial charge is 0.237 e. The van der Waals surface area contributed by atoms with Crippen LogP contribution >= 0.6 is 0 Å². The Morgan fingerprint density at radius 3 is 3.06 bits per heavy atom. The Hall–Kier alpha value is -0.610. The Labute approximate surface area is 110 Å². The topological polar surface area (TPSA) is 58.4 Å². The number of amides is 1. The number of fused-ring (bicyclic) bond motifs is 1. The number of hydrogen-bond acceptors (Lipinski definition) is 3. The summed E-state index contributed by atoms with van der Waals surface area (Å²) in [7, 11) is 0. The summed E-state index contributed by atoms with van der Waals surface area (Å²) >= 11 is 0. The lowest BCUT2D eigenvalue weighted by Gasteiger charge is -2.35. The molecule has 0 aromatic rings. The van der Waals surface area contributed by atoms with Gasteiger partial charge in [0.2, 0.25) is 5.91 Å². The van der Waals surface area contributed by atoms with Crippen LogP contribution in [0.3, 0.4) is 0 Å². The maximum absolute atomic E-state index is 12.0. The number of unbranched alkanes of at least 4 members (excludes halogenated alkanes) is 1. The summed E-state index contributed by atoms with van der Waals surface area (Å²) in [4.78, 5) is 14.5. The number of nitrogens with two attached hydrogens (primary N) is 1. The molecule has 0 spiro atoms. The van der Waals surface area contributed by atoms with Gasteiger partial charge in [0.05, 0.1) is 6.04 Å². The number of hydrogen-bond donors (Lipinski definition) is 2. The Morgan fingerprint density at radius 1 is 1.44 bits per heavy atom. The normalized spacial score (nSPS) is 29.9. The maximum Gasteiger partial charge on any atom is 0.237 e. The van der Waals surface area contributed by atoms with E-state index in [0.29, 0.717) is 12.1 Å². The van der Waals surface area contributed by atoms with Gasteiger partial charge < -0.3 is 16.0 Å². The van der Waals surface area contributed by atoms with Crippen molar-refractivity contribution < 1.29 is 4.79 Å². The first-order valence-corrected chi connectivity index (χ1v) is 7.50. The van der Waals surface area contributed by atoms with Crippen LogP contribution in [0.2, 0.25) is 0 Å². The molecule has 2 aliphatic heterocycles. The standard InChI is InChI=1S/C14H27N3O/c1-2-3-6-13(15)14(18)16-11-7-9-17-8-4-5-12(17)10-11/h11-13H,2-10,15H2,1H3,(H,16,18)/t11?,12?,13-/m0/s1. The summed E-state index contributed by atoms with van der Waals surface area (Å²) in [5.41, 5.74) is 5.90. The van der Waals surface area contributed by atoms with Gasteiger partial charge in [0.1, 0.15) is 0 Å². The van der Waals surface area contributed by atoms with Crippen molar-refractivity contribution in [2.45, 2.75) is 70.0 Å². The molecular formula is C14H27N3O. The van der Waals surface area contributed by atoms with E-state index < -0.39 is 0 Å². The molecule has 2 aliphatic rings. The van der Waals surface area contributed by atoms with Crippen LogP contribution < -0.4 is 11.1 Å². The van der Waals surface area contributed by atoms with Crippen molar-refractivity contribution in [3.63, 3.8) is 0 Å². The number of nitrogens with one attached hydrogen (secondary N) is 1. The van der Waals surface area contributed by atoms with Crippen LogP contribution in [0, 0.1) is 0 Å². The van der Waals surface area contributed by atoms with Crippen molar-refractivity contribution in [1.82, 2.24) is 10.2 Å². The van der Waals surface area contributed by atoms with Crippen molar-refractivity contribution in [2.75, 3.05) is 13.1 Å². The summed E-state index contributed by atoms with van der Waals surface area (Å²) in [6.07, 6.45) is 7.77. The fourth-order valence-corrected chi connectivity index (χ4v) is 3.22. The van der Waals surface area contributed by atoms with Gasteiger partial charge in [-0.15, -0.1) is 0 Å². The van der Waals surface area contributed by atoms with Crippen molar-refractivity contribution in [3.05, 3.63) is 0 Å². The molecule has 104 valence electrons. The Kier molecular flexibility index (Phi) is 5.01. The lowest BCUT2D eigenvalue weighted by Crippen LogP contribution is -2.51. The molecule has 18 heavy (non-hydrogen) atoms. The van der Waals surface area contributed by atoms with E-state index in [9.17, 15) is 4.79 Å². The fourth-order valence-electron chi connectivity index (χ4n) is 3.22. The summed E-state index contributed by atoms with van der Waals surface area (Å²) < 4.78 is 0. The van der Waals surface area contributed by atoms with Gasteiger partial charge >= 0.3 is 0 Å². The van der Waals surface area contributed by atoms with Crippen LogP contribution in [-0.4, -0.2) is 42.0 Å². The highest BCUT2D eigenvalue weighted by Crippen LogP contribution is 2.26. The zero-order valence-electron chi connectivity index (χ0n) is 11.5. The van der Waals surface area contributed by atoms with Gasteiger partial charge in [-0.25, -0.2) is 0 Å². The summed E-state index contributed by atoms with van der Waals surface area (Å²) in [6, 6.07) is 0.743. The van der Waals surface area contributed by atoms with Gasteiger partial charge in [0.15, 0.2) is 0 Å². The lowest BCUT2D eigenvalue weighted by molar-refractivity contribution is -0.123. The molecule has 2 saturated heterocycles. The predicted octanol–water partition coefficient (Wildman–Crippen LogP) is 1.25. The molecule has 2 heterocycles. The first-order valence-electron chi connectivity index (χ1n) is 7.50. The minimum Gasteiger partial charge on any atom is -0.352 e. The lowest BCUT2D eigenvalue weighted by atomic mass is 9.97. The second-order valence-electron chi connectivity index (χ2n) is 5.81. The first kappa shape index (κ1) is 13.8. The van der Waals surface area contributed by atoms with Crippen LogP contribution in [0.5, 0.6) is 0 Å². The van der Waals surface area contributed by atoms with Gasteiger partial charge in [0, 0.05) is 18.6 Å². The number of carbonyl (C=O) groups is 1. The highest BCUT2D eigenvalue weighted by molar-refractivity contribution is 5.81. The molecule has 2 unspecified atom stereocenters. The van der Waals surface area contributed by atoms with E-state index in [1.54, 1.807) is 0 Å². The molecule has 3 N–H and O–H groups in total. The van der Waals surface area contributed by atoms with Crippen molar-refractivity contribution in [3.8, 4) is 0 Å². The quantitative estimate of drug-likeness (QED) is 0.775.